The van der Waals surface area contributed by atoms with Gasteiger partial charge in [0.2, 0.25) is 0 Å². The lowest BCUT2D eigenvalue weighted by atomic mass is 10.1. The third kappa shape index (κ3) is 2.48. The van der Waals surface area contributed by atoms with Crippen LogP contribution in [0.1, 0.15) is 22.8 Å². The van der Waals surface area contributed by atoms with Gasteiger partial charge in [-0.15, -0.1) is 11.8 Å². The zero-order chi connectivity index (χ0) is 15.7. The Bertz CT molecular complexity index is 714. The van der Waals surface area contributed by atoms with Crippen LogP contribution in [0.2, 0.25) is 0 Å². The molecule has 114 valence electrons. The van der Waals surface area contributed by atoms with Crippen molar-refractivity contribution in [1.82, 2.24) is 0 Å². The Kier molecular flexibility index (Phi) is 4.12. The van der Waals surface area contributed by atoms with Gasteiger partial charge in [0.1, 0.15) is 5.75 Å². The van der Waals surface area contributed by atoms with Crippen LogP contribution in [-0.2, 0) is 6.42 Å². The molecule has 0 fully saturated rings. The Morgan fingerprint density at radius 1 is 1.27 bits per heavy atom. The van der Waals surface area contributed by atoms with Crippen LogP contribution in [0, 0.1) is 0 Å². The molecular weight excluding hydrogens is 294 g/mol. The summed E-state index contributed by atoms with van der Waals surface area (Å²) in [5.74, 6) is 0.635. The number of thioether (sulfide) groups is 1. The van der Waals surface area contributed by atoms with E-state index in [0.717, 1.165) is 17.0 Å². The van der Waals surface area contributed by atoms with Gasteiger partial charge in [-0.3, -0.25) is 4.79 Å². The van der Waals surface area contributed by atoms with Gasteiger partial charge in [-0.25, -0.2) is 0 Å². The van der Waals surface area contributed by atoms with E-state index >= 15 is 0 Å². The van der Waals surface area contributed by atoms with Crippen LogP contribution in [0.25, 0.3) is 0 Å². The fourth-order valence-corrected chi connectivity index (χ4v) is 3.41. The summed E-state index contributed by atoms with van der Waals surface area (Å²) in [4.78, 5) is 16.0. The maximum Gasteiger partial charge on any atom is 0.262 e. The monoisotopic (exact) mass is 313 g/mol. The molecule has 1 heterocycles. The molecule has 0 bridgehead atoms. The number of para-hydroxylation sites is 1. The first-order valence-electron chi connectivity index (χ1n) is 7.29. The average molecular weight is 313 g/mol. The van der Waals surface area contributed by atoms with E-state index in [1.165, 1.54) is 5.56 Å². The number of carbonyl (C=O) groups excluding carboxylic acids is 1. The van der Waals surface area contributed by atoms with Crippen molar-refractivity contribution in [3.8, 4) is 5.75 Å². The number of carbonyl (C=O) groups is 1. The molecule has 3 nitrogen and oxygen atoms in total. The minimum Gasteiger partial charge on any atom is -0.496 e. The largest absolute Gasteiger partial charge is 0.496 e. The van der Waals surface area contributed by atoms with Crippen molar-refractivity contribution < 1.29 is 9.53 Å². The van der Waals surface area contributed by atoms with Crippen LogP contribution in [-0.4, -0.2) is 25.3 Å². The van der Waals surface area contributed by atoms with Crippen molar-refractivity contribution in [3.05, 3.63) is 53.6 Å². The van der Waals surface area contributed by atoms with Crippen LogP contribution < -0.4 is 9.64 Å². The Morgan fingerprint density at radius 2 is 2.05 bits per heavy atom. The maximum atomic E-state index is 13.0. The molecule has 0 saturated carbocycles. The number of fused-ring (bicyclic) bond motifs is 1. The fourth-order valence-electron chi connectivity index (χ4n) is 2.98. The number of amides is 1. The van der Waals surface area contributed by atoms with Gasteiger partial charge >= 0.3 is 0 Å². The van der Waals surface area contributed by atoms with Gasteiger partial charge in [-0.05, 0) is 49.4 Å². The molecular formula is C18H19NO2S. The van der Waals surface area contributed by atoms with Crippen molar-refractivity contribution in [2.45, 2.75) is 24.3 Å². The number of anilines is 1. The van der Waals surface area contributed by atoms with Crippen LogP contribution in [0.3, 0.4) is 0 Å². The van der Waals surface area contributed by atoms with Gasteiger partial charge < -0.3 is 9.64 Å². The normalized spacial score (nSPS) is 16.5. The minimum atomic E-state index is 0.00181. The smallest absolute Gasteiger partial charge is 0.262 e. The summed E-state index contributed by atoms with van der Waals surface area (Å²) in [6, 6.07) is 14.0. The Labute approximate surface area is 135 Å². The molecule has 0 aliphatic carbocycles. The van der Waals surface area contributed by atoms with E-state index in [1.807, 2.05) is 47.6 Å². The zero-order valence-corrected chi connectivity index (χ0v) is 13.8. The second-order valence-electron chi connectivity index (χ2n) is 5.42. The van der Waals surface area contributed by atoms with Crippen LogP contribution in [0.4, 0.5) is 5.69 Å². The van der Waals surface area contributed by atoms with Crippen molar-refractivity contribution in [2.75, 3.05) is 18.3 Å². The fraction of sp³-hybridized carbons (Fsp3) is 0.278. The summed E-state index contributed by atoms with van der Waals surface area (Å²) >= 11 is 1.64. The summed E-state index contributed by atoms with van der Waals surface area (Å²) in [7, 11) is 1.61. The van der Waals surface area contributed by atoms with Gasteiger partial charge in [0.05, 0.1) is 12.7 Å². The molecule has 2 aromatic carbocycles. The van der Waals surface area contributed by atoms with E-state index in [1.54, 1.807) is 18.9 Å². The van der Waals surface area contributed by atoms with Crippen LogP contribution in [0.15, 0.2) is 47.4 Å². The first-order valence-corrected chi connectivity index (χ1v) is 8.51. The predicted molar refractivity (Wildman–Crippen MR) is 91.2 cm³/mol. The van der Waals surface area contributed by atoms with Crippen LogP contribution >= 0.6 is 11.8 Å². The maximum absolute atomic E-state index is 13.0. The number of methoxy groups -OCH3 is 1. The summed E-state index contributed by atoms with van der Waals surface area (Å²) in [5.41, 5.74) is 2.85. The second kappa shape index (κ2) is 6.05. The first kappa shape index (κ1) is 15.0. The minimum absolute atomic E-state index is 0.00181. The number of rotatable bonds is 3. The highest BCUT2D eigenvalue weighted by Crippen LogP contribution is 2.35. The molecule has 0 saturated heterocycles. The molecule has 0 spiro atoms. The summed E-state index contributed by atoms with van der Waals surface area (Å²) in [5, 5.41) is 0. The highest BCUT2D eigenvalue weighted by molar-refractivity contribution is 7.98. The van der Waals surface area contributed by atoms with E-state index in [9.17, 15) is 4.79 Å². The lowest BCUT2D eigenvalue weighted by Crippen LogP contribution is -2.35. The highest BCUT2D eigenvalue weighted by atomic mass is 32.2. The van der Waals surface area contributed by atoms with E-state index in [-0.39, 0.29) is 11.9 Å². The molecule has 3 rings (SSSR count). The van der Waals surface area contributed by atoms with E-state index in [0.29, 0.717) is 11.3 Å². The van der Waals surface area contributed by atoms with Crippen molar-refractivity contribution in [1.29, 1.82) is 0 Å². The molecule has 1 aliphatic heterocycles. The molecule has 1 atom stereocenters. The second-order valence-corrected chi connectivity index (χ2v) is 6.30. The quantitative estimate of drug-likeness (QED) is 0.802. The number of ether oxygens (including phenoxy) is 1. The highest BCUT2D eigenvalue weighted by Gasteiger charge is 2.32. The molecule has 1 aliphatic rings. The van der Waals surface area contributed by atoms with E-state index in [4.69, 9.17) is 4.74 Å². The molecule has 22 heavy (non-hydrogen) atoms. The van der Waals surface area contributed by atoms with Gasteiger partial charge in [-0.2, -0.15) is 0 Å². The lowest BCUT2D eigenvalue weighted by molar-refractivity contribution is 0.0978. The standard InChI is InChI=1S/C18H19NO2S/c1-12-10-13-6-4-5-7-16(13)19(12)18(20)15-9-8-14(22-3)11-17(15)21-2/h4-9,11-12H,10H2,1-3H3. The number of hydrogen-bond acceptors (Lipinski definition) is 3. The van der Waals surface area contributed by atoms with Gasteiger partial charge in [0.25, 0.3) is 5.91 Å². The third-order valence-corrected chi connectivity index (χ3v) is 4.79. The number of hydrogen-bond donors (Lipinski definition) is 0. The third-order valence-electron chi connectivity index (χ3n) is 4.07. The van der Waals surface area contributed by atoms with Gasteiger partial charge in [0, 0.05) is 16.6 Å². The molecule has 1 amide bonds. The molecule has 4 heteroatoms. The van der Waals surface area contributed by atoms with Gasteiger partial charge in [-0.1, -0.05) is 18.2 Å². The van der Waals surface area contributed by atoms with Gasteiger partial charge in [0.15, 0.2) is 0 Å². The summed E-state index contributed by atoms with van der Waals surface area (Å²) < 4.78 is 5.43. The topological polar surface area (TPSA) is 29.5 Å². The molecule has 0 N–H and O–H groups in total. The molecule has 0 aromatic heterocycles. The Morgan fingerprint density at radius 3 is 2.77 bits per heavy atom. The Hall–Kier alpha value is -1.94. The zero-order valence-electron chi connectivity index (χ0n) is 13.0. The number of benzene rings is 2. The molecule has 0 radical (unpaired) electrons. The van der Waals surface area contributed by atoms with Crippen molar-refractivity contribution in [2.24, 2.45) is 0 Å². The summed E-state index contributed by atoms with van der Waals surface area (Å²) in [6.07, 6.45) is 2.90. The lowest BCUT2D eigenvalue weighted by Gasteiger charge is -2.23. The van der Waals surface area contributed by atoms with Crippen molar-refractivity contribution in [3.63, 3.8) is 0 Å². The number of nitrogens with zero attached hydrogens (tertiary/aromatic N) is 1. The predicted octanol–water partition coefficient (Wildman–Crippen LogP) is 4.01. The van der Waals surface area contributed by atoms with Crippen molar-refractivity contribution >= 4 is 23.4 Å². The summed E-state index contributed by atoms with van der Waals surface area (Å²) in [6.45, 7) is 2.08. The first-order chi connectivity index (χ1) is 10.7. The Balaban J connectivity index is 2.01. The molecule has 2 aromatic rings. The van der Waals surface area contributed by atoms with Crippen LogP contribution in [0.5, 0.6) is 5.75 Å². The molecule has 1 unspecified atom stereocenters. The van der Waals surface area contributed by atoms with E-state index in [2.05, 4.69) is 13.0 Å². The van der Waals surface area contributed by atoms with E-state index < -0.39 is 0 Å². The SMILES string of the molecule is COc1cc(SC)ccc1C(=O)N1c2ccccc2CC1C. The average Bonchev–Trinajstić information content (AvgIpc) is 2.89.